The van der Waals surface area contributed by atoms with Gasteiger partial charge in [-0.05, 0) is 24.7 Å². The third-order valence-electron chi connectivity index (χ3n) is 3.89. The van der Waals surface area contributed by atoms with E-state index in [0.29, 0.717) is 23.9 Å². The fourth-order valence-corrected chi connectivity index (χ4v) is 2.21. The normalized spacial score (nSPS) is 25.9. The van der Waals surface area contributed by atoms with Crippen LogP contribution < -0.4 is 10.9 Å². The second-order valence-corrected chi connectivity index (χ2v) is 6.02. The Bertz CT molecular complexity index is 488. The Morgan fingerprint density at radius 2 is 2.24 bits per heavy atom. The van der Waals surface area contributed by atoms with Crippen LogP contribution in [0.1, 0.15) is 50.4 Å². The van der Waals surface area contributed by atoms with Gasteiger partial charge in [-0.1, -0.05) is 13.8 Å². The van der Waals surface area contributed by atoms with Crippen molar-refractivity contribution in [3.63, 3.8) is 0 Å². The van der Waals surface area contributed by atoms with Gasteiger partial charge in [-0.25, -0.2) is 4.98 Å². The second kappa shape index (κ2) is 3.67. The van der Waals surface area contributed by atoms with Crippen LogP contribution in [-0.2, 0) is 6.54 Å². The van der Waals surface area contributed by atoms with Crippen molar-refractivity contribution in [1.29, 1.82) is 0 Å². The van der Waals surface area contributed by atoms with E-state index < -0.39 is 0 Å². The molecule has 1 unspecified atom stereocenters. The largest absolute Gasteiger partial charge is 0.310 e. The Morgan fingerprint density at radius 3 is 2.76 bits per heavy atom. The van der Waals surface area contributed by atoms with Crippen molar-refractivity contribution >= 4 is 0 Å². The quantitative estimate of drug-likeness (QED) is 0.829. The van der Waals surface area contributed by atoms with Crippen molar-refractivity contribution in [3.8, 4) is 0 Å². The van der Waals surface area contributed by atoms with E-state index in [4.69, 9.17) is 0 Å². The number of nitrogens with one attached hydrogen (secondary N) is 2. The van der Waals surface area contributed by atoms with Crippen LogP contribution >= 0.6 is 0 Å². The van der Waals surface area contributed by atoms with Gasteiger partial charge < -0.3 is 10.3 Å². The minimum atomic E-state index is 0.0193. The van der Waals surface area contributed by atoms with Crippen molar-refractivity contribution in [2.24, 2.45) is 5.41 Å². The highest BCUT2D eigenvalue weighted by Crippen LogP contribution is 2.57. The fraction of sp³-hybridized carbons (Fsp3) is 0.692. The molecular formula is C13H19N3O. The molecule has 92 valence electrons. The summed E-state index contributed by atoms with van der Waals surface area (Å²) in [6, 6.07) is 0.622. The minimum absolute atomic E-state index is 0.0193. The van der Waals surface area contributed by atoms with Gasteiger partial charge in [0.25, 0.3) is 5.56 Å². The molecule has 0 radical (unpaired) electrons. The summed E-state index contributed by atoms with van der Waals surface area (Å²) in [6.45, 7) is 5.06. The van der Waals surface area contributed by atoms with E-state index in [2.05, 4.69) is 29.1 Å². The van der Waals surface area contributed by atoms with E-state index in [9.17, 15) is 4.79 Å². The first-order valence-electron chi connectivity index (χ1n) is 6.38. The Morgan fingerprint density at radius 1 is 1.53 bits per heavy atom. The average Bonchev–Trinajstić information content (AvgIpc) is 3.15. The molecule has 17 heavy (non-hydrogen) atoms. The van der Waals surface area contributed by atoms with Crippen LogP contribution in [0.15, 0.2) is 11.0 Å². The molecule has 2 aliphatic carbocycles. The molecule has 0 aromatic carbocycles. The first-order chi connectivity index (χ1) is 8.06. The Kier molecular flexibility index (Phi) is 2.36. The molecule has 4 heteroatoms. The third kappa shape index (κ3) is 2.27. The monoisotopic (exact) mass is 233 g/mol. The third-order valence-corrected chi connectivity index (χ3v) is 3.89. The zero-order valence-corrected chi connectivity index (χ0v) is 10.4. The lowest BCUT2D eigenvalue weighted by molar-refractivity contribution is 0.604. The summed E-state index contributed by atoms with van der Waals surface area (Å²) in [6.07, 6.45) is 5.33. The molecule has 4 nitrogen and oxygen atoms in total. The van der Waals surface area contributed by atoms with Crippen LogP contribution in [-0.4, -0.2) is 16.0 Å². The number of aromatic nitrogens is 2. The molecule has 0 bridgehead atoms. The molecule has 1 aromatic rings. The van der Waals surface area contributed by atoms with Crippen molar-refractivity contribution < 1.29 is 0 Å². The van der Waals surface area contributed by atoms with E-state index in [1.54, 1.807) is 6.20 Å². The first kappa shape index (κ1) is 11.0. The van der Waals surface area contributed by atoms with Gasteiger partial charge in [0.2, 0.25) is 0 Å². The lowest BCUT2D eigenvalue weighted by atomic mass is 10.1. The number of aromatic amines is 1. The molecule has 0 spiro atoms. The molecule has 0 aliphatic heterocycles. The van der Waals surface area contributed by atoms with Crippen LogP contribution in [0.5, 0.6) is 0 Å². The predicted molar refractivity (Wildman–Crippen MR) is 65.9 cm³/mol. The first-order valence-corrected chi connectivity index (χ1v) is 6.38. The Balaban J connectivity index is 1.72. The number of H-pyrrole nitrogens is 1. The Labute approximate surface area is 101 Å². The lowest BCUT2D eigenvalue weighted by Gasteiger charge is -2.05. The van der Waals surface area contributed by atoms with E-state index in [1.165, 1.54) is 12.8 Å². The molecule has 2 saturated carbocycles. The summed E-state index contributed by atoms with van der Waals surface area (Å²) >= 11 is 0. The molecule has 3 rings (SSSR count). The van der Waals surface area contributed by atoms with E-state index in [-0.39, 0.29) is 5.56 Å². The predicted octanol–water partition coefficient (Wildman–Crippen LogP) is 1.54. The van der Waals surface area contributed by atoms with Crippen molar-refractivity contribution in [2.75, 3.05) is 0 Å². The highest BCUT2D eigenvalue weighted by atomic mass is 16.1. The van der Waals surface area contributed by atoms with Gasteiger partial charge >= 0.3 is 0 Å². The van der Waals surface area contributed by atoms with Crippen LogP contribution in [0.4, 0.5) is 0 Å². The van der Waals surface area contributed by atoms with Gasteiger partial charge in [0.1, 0.15) is 5.82 Å². The van der Waals surface area contributed by atoms with E-state index >= 15 is 0 Å². The minimum Gasteiger partial charge on any atom is -0.310 e. The maximum atomic E-state index is 11.9. The fourth-order valence-electron chi connectivity index (χ4n) is 2.21. The summed E-state index contributed by atoms with van der Waals surface area (Å²) in [5.41, 5.74) is 1.08. The van der Waals surface area contributed by atoms with Gasteiger partial charge in [0.15, 0.2) is 0 Å². The standard InChI is InChI=1S/C13H19N3O/c1-13(2)5-10(13)11-15-7-8(12(17)16-11)6-14-9-3-4-9/h7,9-10,14H,3-6H2,1-2H3,(H,15,16,17). The summed E-state index contributed by atoms with van der Waals surface area (Å²) in [5, 5.41) is 3.33. The number of hydrogen-bond donors (Lipinski definition) is 2. The smallest absolute Gasteiger partial charge is 0.255 e. The van der Waals surface area contributed by atoms with Gasteiger partial charge in [-0.2, -0.15) is 0 Å². The van der Waals surface area contributed by atoms with Gasteiger partial charge in [-0.15, -0.1) is 0 Å². The number of nitrogens with zero attached hydrogens (tertiary/aromatic N) is 1. The van der Waals surface area contributed by atoms with E-state index in [0.717, 1.165) is 17.8 Å². The van der Waals surface area contributed by atoms with Crippen LogP contribution in [0.2, 0.25) is 0 Å². The van der Waals surface area contributed by atoms with Crippen molar-refractivity contribution in [3.05, 3.63) is 27.9 Å². The number of hydrogen-bond acceptors (Lipinski definition) is 3. The molecule has 1 aromatic heterocycles. The molecule has 1 heterocycles. The SMILES string of the molecule is CC1(C)CC1c1ncc(CNC2CC2)c(=O)[nH]1. The summed E-state index contributed by atoms with van der Waals surface area (Å²) in [5.74, 6) is 1.29. The molecule has 2 N–H and O–H groups in total. The van der Waals surface area contributed by atoms with Crippen molar-refractivity contribution in [2.45, 2.75) is 51.6 Å². The van der Waals surface area contributed by atoms with Crippen LogP contribution in [0, 0.1) is 5.41 Å². The molecule has 2 fully saturated rings. The summed E-state index contributed by atoms with van der Waals surface area (Å²) in [4.78, 5) is 19.2. The summed E-state index contributed by atoms with van der Waals surface area (Å²) < 4.78 is 0. The lowest BCUT2D eigenvalue weighted by Crippen LogP contribution is -2.24. The topological polar surface area (TPSA) is 57.8 Å². The van der Waals surface area contributed by atoms with Gasteiger partial charge in [0.05, 0.1) is 0 Å². The van der Waals surface area contributed by atoms with Gasteiger partial charge in [-0.3, -0.25) is 4.79 Å². The highest BCUT2D eigenvalue weighted by Gasteiger charge is 2.48. The van der Waals surface area contributed by atoms with Crippen LogP contribution in [0.25, 0.3) is 0 Å². The number of rotatable bonds is 4. The molecular weight excluding hydrogens is 214 g/mol. The van der Waals surface area contributed by atoms with Crippen LogP contribution in [0.3, 0.4) is 0 Å². The summed E-state index contributed by atoms with van der Waals surface area (Å²) in [7, 11) is 0. The average molecular weight is 233 g/mol. The molecule has 0 saturated heterocycles. The van der Waals surface area contributed by atoms with E-state index in [1.807, 2.05) is 0 Å². The maximum Gasteiger partial charge on any atom is 0.255 e. The van der Waals surface area contributed by atoms with Gasteiger partial charge in [0, 0.05) is 30.3 Å². The second-order valence-electron chi connectivity index (χ2n) is 6.02. The zero-order valence-electron chi connectivity index (χ0n) is 10.4. The molecule has 2 aliphatic rings. The zero-order chi connectivity index (χ0) is 12.0. The molecule has 0 amide bonds. The highest BCUT2D eigenvalue weighted by molar-refractivity contribution is 5.17. The van der Waals surface area contributed by atoms with Crippen molar-refractivity contribution in [1.82, 2.24) is 15.3 Å². The maximum absolute atomic E-state index is 11.9. The Hall–Kier alpha value is -1.16. The molecule has 1 atom stereocenters.